The fourth-order valence-electron chi connectivity index (χ4n) is 2.11. The maximum atomic E-state index is 4.65. The van der Waals surface area contributed by atoms with E-state index in [1.54, 1.807) is 0 Å². The molecule has 84 valence electrons. The molecule has 0 bridgehead atoms. The molecule has 0 saturated carbocycles. The van der Waals surface area contributed by atoms with Crippen molar-refractivity contribution in [3.05, 3.63) is 48.5 Å². The van der Waals surface area contributed by atoms with Gasteiger partial charge in [0.15, 0.2) is 6.40 Å². The lowest BCUT2D eigenvalue weighted by Crippen LogP contribution is -1.96. The van der Waals surface area contributed by atoms with Crippen molar-refractivity contribution in [2.45, 2.75) is 0 Å². The van der Waals surface area contributed by atoms with Crippen molar-refractivity contribution in [2.24, 2.45) is 4.99 Å². The monoisotopic (exact) mass is 223 g/mol. The number of fused-ring (bicyclic) bond motifs is 4. The lowest BCUT2D eigenvalue weighted by atomic mass is 9.81. The molecule has 4 rings (SSSR count). The van der Waals surface area contributed by atoms with Crippen molar-refractivity contribution in [3.63, 3.8) is 0 Å². The van der Waals surface area contributed by atoms with Gasteiger partial charge in [0.1, 0.15) is 6.61 Å². The fraction of sp³-hybridized carbons (Fsp3) is 0.133. The second kappa shape index (κ2) is 4.42. The molecule has 2 aliphatic rings. The van der Waals surface area contributed by atoms with Gasteiger partial charge >= 0.3 is 0 Å². The van der Waals surface area contributed by atoms with Crippen LogP contribution in [0.15, 0.2) is 53.5 Å². The van der Waals surface area contributed by atoms with Gasteiger partial charge in [-0.2, -0.15) is 0 Å². The van der Waals surface area contributed by atoms with Crippen LogP contribution in [-0.2, 0) is 4.74 Å². The molecule has 1 aliphatic heterocycles. The van der Waals surface area contributed by atoms with Crippen molar-refractivity contribution in [1.29, 1.82) is 0 Å². The van der Waals surface area contributed by atoms with Gasteiger partial charge in [-0.05, 0) is 22.3 Å². The highest BCUT2D eigenvalue weighted by molar-refractivity contribution is 6.02. The van der Waals surface area contributed by atoms with Crippen molar-refractivity contribution in [3.8, 4) is 22.3 Å². The van der Waals surface area contributed by atoms with Gasteiger partial charge in [-0.15, -0.1) is 0 Å². The van der Waals surface area contributed by atoms with Crippen molar-refractivity contribution >= 4 is 6.40 Å². The van der Waals surface area contributed by atoms with Gasteiger partial charge in [0.25, 0.3) is 0 Å². The average molecular weight is 223 g/mol. The minimum Gasteiger partial charge on any atom is -0.482 e. The Kier molecular flexibility index (Phi) is 2.62. The van der Waals surface area contributed by atoms with E-state index in [1.807, 2.05) is 0 Å². The highest BCUT2D eigenvalue weighted by Crippen LogP contribution is 2.46. The Morgan fingerprint density at radius 3 is 1.47 bits per heavy atom. The first-order valence-electron chi connectivity index (χ1n) is 5.75. The Labute approximate surface area is 101 Å². The molecule has 0 fully saturated rings. The summed E-state index contributed by atoms with van der Waals surface area (Å²) in [6, 6.07) is 17.1. The first-order valence-corrected chi connectivity index (χ1v) is 5.75. The molecule has 0 spiro atoms. The van der Waals surface area contributed by atoms with E-state index >= 15 is 0 Å². The quantitative estimate of drug-likeness (QED) is 0.572. The first kappa shape index (κ1) is 10.1. The van der Waals surface area contributed by atoms with E-state index in [1.165, 1.54) is 28.7 Å². The molecule has 2 nitrogen and oxygen atoms in total. The SMILES string of the molecule is C1=NCCO1.c1ccc2c(c1)-c1ccccc1-2. The number of aliphatic imine (C=N–C) groups is 1. The molecule has 0 radical (unpaired) electrons. The zero-order chi connectivity index (χ0) is 11.5. The first-order chi connectivity index (χ1) is 8.47. The third-order valence-electron chi connectivity index (χ3n) is 2.92. The maximum absolute atomic E-state index is 4.65. The lowest BCUT2D eigenvalue weighted by Gasteiger charge is -2.22. The predicted molar refractivity (Wildman–Crippen MR) is 70.2 cm³/mol. The molecule has 0 saturated heterocycles. The van der Waals surface area contributed by atoms with Crippen LogP contribution in [0.4, 0.5) is 0 Å². The number of hydrogen-bond acceptors (Lipinski definition) is 2. The number of ether oxygens (including phenoxy) is 1. The summed E-state index contributed by atoms with van der Waals surface area (Å²) < 4.78 is 4.65. The normalized spacial score (nSPS) is 13.6. The van der Waals surface area contributed by atoms with Crippen LogP contribution < -0.4 is 0 Å². The van der Waals surface area contributed by atoms with Gasteiger partial charge < -0.3 is 4.74 Å². The Morgan fingerprint density at radius 1 is 0.765 bits per heavy atom. The zero-order valence-corrected chi connectivity index (χ0v) is 9.47. The Hall–Kier alpha value is -2.09. The summed E-state index contributed by atoms with van der Waals surface area (Å²) in [6.07, 6.45) is 1.49. The van der Waals surface area contributed by atoms with Crippen LogP contribution in [-0.4, -0.2) is 19.6 Å². The smallest absolute Gasteiger partial charge is 0.169 e. The van der Waals surface area contributed by atoms with Gasteiger partial charge in [-0.1, -0.05) is 48.5 Å². The van der Waals surface area contributed by atoms with E-state index in [9.17, 15) is 0 Å². The Balaban J connectivity index is 0.000000153. The number of benzene rings is 2. The molecule has 0 atom stereocenters. The van der Waals surface area contributed by atoms with Crippen LogP contribution in [0.5, 0.6) is 0 Å². The van der Waals surface area contributed by atoms with E-state index < -0.39 is 0 Å². The Morgan fingerprint density at radius 2 is 1.24 bits per heavy atom. The zero-order valence-electron chi connectivity index (χ0n) is 9.47. The van der Waals surface area contributed by atoms with Crippen molar-refractivity contribution in [2.75, 3.05) is 13.2 Å². The van der Waals surface area contributed by atoms with Gasteiger partial charge in [0, 0.05) is 0 Å². The van der Waals surface area contributed by atoms with Crippen LogP contribution in [0.3, 0.4) is 0 Å². The van der Waals surface area contributed by atoms with Gasteiger partial charge in [0.05, 0.1) is 6.54 Å². The minimum absolute atomic E-state index is 0.778. The summed E-state index contributed by atoms with van der Waals surface area (Å²) in [5.41, 5.74) is 5.59. The second-order valence-electron chi connectivity index (χ2n) is 3.97. The molecule has 1 aliphatic carbocycles. The van der Waals surface area contributed by atoms with E-state index in [2.05, 4.69) is 58.3 Å². The molecule has 2 aromatic carbocycles. The summed E-state index contributed by atoms with van der Waals surface area (Å²) in [7, 11) is 0. The lowest BCUT2D eigenvalue weighted by molar-refractivity contribution is 0.361. The van der Waals surface area contributed by atoms with Crippen molar-refractivity contribution in [1.82, 2.24) is 0 Å². The van der Waals surface area contributed by atoms with Crippen LogP contribution in [0, 0.1) is 0 Å². The third-order valence-corrected chi connectivity index (χ3v) is 2.92. The number of hydrogen-bond donors (Lipinski definition) is 0. The second-order valence-corrected chi connectivity index (χ2v) is 3.97. The van der Waals surface area contributed by atoms with Crippen LogP contribution in [0.2, 0.25) is 0 Å². The molecule has 0 amide bonds. The maximum Gasteiger partial charge on any atom is 0.169 e. The summed E-state index contributed by atoms with van der Waals surface area (Å²) in [4.78, 5) is 3.74. The molecule has 2 heteroatoms. The Bertz CT molecular complexity index is 454. The average Bonchev–Trinajstić information content (AvgIpc) is 2.95. The predicted octanol–water partition coefficient (Wildman–Crippen LogP) is 3.38. The van der Waals surface area contributed by atoms with E-state index in [0.717, 1.165) is 13.2 Å². The third kappa shape index (κ3) is 1.82. The van der Waals surface area contributed by atoms with Gasteiger partial charge in [-0.25, -0.2) is 0 Å². The minimum atomic E-state index is 0.778. The molecule has 0 aromatic heterocycles. The van der Waals surface area contributed by atoms with E-state index in [4.69, 9.17) is 0 Å². The van der Waals surface area contributed by atoms with Crippen LogP contribution >= 0.6 is 0 Å². The number of nitrogens with zero attached hydrogens (tertiary/aromatic N) is 1. The molecular formula is C15H13NO. The summed E-state index contributed by atoms with van der Waals surface area (Å²) >= 11 is 0. The molecular weight excluding hydrogens is 210 g/mol. The molecule has 0 unspecified atom stereocenters. The van der Waals surface area contributed by atoms with Crippen LogP contribution in [0.1, 0.15) is 0 Å². The summed E-state index contributed by atoms with van der Waals surface area (Å²) in [6.45, 7) is 1.62. The van der Waals surface area contributed by atoms with Crippen molar-refractivity contribution < 1.29 is 4.74 Å². The molecule has 0 N–H and O–H groups in total. The highest BCUT2D eigenvalue weighted by atomic mass is 16.5. The summed E-state index contributed by atoms with van der Waals surface area (Å²) in [5.74, 6) is 0. The van der Waals surface area contributed by atoms with E-state index in [0.29, 0.717) is 0 Å². The fourth-order valence-corrected chi connectivity index (χ4v) is 2.11. The van der Waals surface area contributed by atoms with Gasteiger partial charge in [0.2, 0.25) is 0 Å². The number of rotatable bonds is 0. The van der Waals surface area contributed by atoms with Crippen LogP contribution in [0.25, 0.3) is 22.3 Å². The molecule has 1 heterocycles. The van der Waals surface area contributed by atoms with Gasteiger partial charge in [-0.3, -0.25) is 4.99 Å². The highest BCUT2D eigenvalue weighted by Gasteiger charge is 2.19. The molecule has 17 heavy (non-hydrogen) atoms. The van der Waals surface area contributed by atoms with E-state index in [-0.39, 0.29) is 0 Å². The summed E-state index contributed by atoms with van der Waals surface area (Å²) in [5, 5.41) is 0. The molecule has 2 aromatic rings. The topological polar surface area (TPSA) is 21.6 Å². The standard InChI is InChI=1S/C12H8.C3H5NO/c1-2-6-10-9(5-1)11-7-3-4-8-12(10)11;1-2-5-3-4-1/h1-8H;3H,1-2H2. The largest absolute Gasteiger partial charge is 0.482 e.